The van der Waals surface area contributed by atoms with Gasteiger partial charge in [-0.2, -0.15) is 0 Å². The number of nitrogens with one attached hydrogen (secondary N) is 2. The molecule has 4 rings (SSSR count). The number of alkyl carbamates (subject to hydrolysis) is 1. The number of rotatable bonds is 4. The highest BCUT2D eigenvalue weighted by Gasteiger charge is 2.27. The number of ether oxygens (including phenoxy) is 1. The van der Waals surface area contributed by atoms with Gasteiger partial charge in [-0.3, -0.25) is 10.1 Å². The molecule has 0 aromatic heterocycles. The van der Waals surface area contributed by atoms with Crippen molar-refractivity contribution in [1.82, 2.24) is 5.32 Å². The molecule has 1 heterocycles. The maximum atomic E-state index is 12.7. The van der Waals surface area contributed by atoms with Gasteiger partial charge in [0.05, 0.1) is 11.4 Å². The van der Waals surface area contributed by atoms with Crippen LogP contribution >= 0.6 is 0 Å². The van der Waals surface area contributed by atoms with E-state index in [9.17, 15) is 9.59 Å². The molecule has 0 saturated carbocycles. The molecule has 1 aliphatic heterocycles. The number of hydrogen-bond donors (Lipinski definition) is 2. The van der Waals surface area contributed by atoms with E-state index in [1.807, 2.05) is 85.8 Å². The number of aliphatic imine (C=N–C) groups is 1. The topological polar surface area (TPSA) is 79.8 Å². The van der Waals surface area contributed by atoms with Crippen molar-refractivity contribution >= 4 is 23.4 Å². The summed E-state index contributed by atoms with van der Waals surface area (Å²) in [5.74, 6) is -0.429. The van der Waals surface area contributed by atoms with Crippen LogP contribution in [-0.4, -0.2) is 23.9 Å². The van der Waals surface area contributed by atoms with E-state index in [1.54, 1.807) is 0 Å². The molecule has 0 bridgehead atoms. The van der Waals surface area contributed by atoms with Gasteiger partial charge in [-0.25, -0.2) is 9.79 Å². The van der Waals surface area contributed by atoms with E-state index in [0.29, 0.717) is 11.4 Å². The lowest BCUT2D eigenvalue weighted by molar-refractivity contribution is -0.117. The molecule has 0 radical (unpaired) electrons. The number of amides is 2. The van der Waals surface area contributed by atoms with Gasteiger partial charge < -0.3 is 10.1 Å². The van der Waals surface area contributed by atoms with Gasteiger partial charge in [0.1, 0.15) is 6.61 Å². The van der Waals surface area contributed by atoms with Crippen LogP contribution in [0.15, 0.2) is 83.9 Å². The van der Waals surface area contributed by atoms with Gasteiger partial charge in [-0.15, -0.1) is 0 Å². The molecule has 30 heavy (non-hydrogen) atoms. The molecular formula is C24H21N3O3. The molecule has 2 amide bonds. The van der Waals surface area contributed by atoms with Gasteiger partial charge >= 0.3 is 6.09 Å². The van der Waals surface area contributed by atoms with Crippen molar-refractivity contribution in [1.29, 1.82) is 0 Å². The van der Waals surface area contributed by atoms with Crippen LogP contribution in [0.2, 0.25) is 0 Å². The van der Waals surface area contributed by atoms with Crippen molar-refractivity contribution in [3.05, 3.63) is 101 Å². The Hall–Kier alpha value is -3.93. The third kappa shape index (κ3) is 4.38. The van der Waals surface area contributed by atoms with Gasteiger partial charge in [-0.05, 0) is 18.6 Å². The van der Waals surface area contributed by atoms with Crippen molar-refractivity contribution in [2.45, 2.75) is 19.7 Å². The highest BCUT2D eigenvalue weighted by molar-refractivity contribution is 6.19. The average Bonchev–Trinajstić information content (AvgIpc) is 2.90. The SMILES string of the molecule is Cc1ccc(C2=NC(NC(=O)OCc3ccccc3)C(=O)Nc3ccccc32)cc1. The summed E-state index contributed by atoms with van der Waals surface area (Å²) in [4.78, 5) is 29.6. The Morgan fingerprint density at radius 3 is 2.47 bits per heavy atom. The highest BCUT2D eigenvalue weighted by Crippen LogP contribution is 2.24. The maximum absolute atomic E-state index is 12.7. The molecular weight excluding hydrogens is 378 g/mol. The zero-order chi connectivity index (χ0) is 20.9. The summed E-state index contributed by atoms with van der Waals surface area (Å²) < 4.78 is 5.25. The van der Waals surface area contributed by atoms with Gasteiger partial charge in [0.15, 0.2) is 0 Å². The third-order valence-electron chi connectivity index (χ3n) is 4.74. The standard InChI is InChI=1S/C24H21N3O3/c1-16-11-13-18(14-12-16)21-19-9-5-6-10-20(19)25-23(28)22(26-21)27-24(29)30-15-17-7-3-2-4-8-17/h2-14,22H,15H2,1H3,(H,25,28)(H,27,29). The van der Waals surface area contributed by atoms with Crippen LogP contribution in [0.5, 0.6) is 0 Å². The summed E-state index contributed by atoms with van der Waals surface area (Å²) in [5.41, 5.74) is 4.88. The summed E-state index contributed by atoms with van der Waals surface area (Å²) in [6.45, 7) is 2.11. The van der Waals surface area contributed by atoms with Gasteiger partial charge in [0.25, 0.3) is 5.91 Å². The molecule has 1 unspecified atom stereocenters. The molecule has 0 saturated heterocycles. The zero-order valence-electron chi connectivity index (χ0n) is 16.5. The smallest absolute Gasteiger partial charge is 0.409 e. The van der Waals surface area contributed by atoms with Crippen molar-refractivity contribution in [3.8, 4) is 0 Å². The fourth-order valence-corrected chi connectivity index (χ4v) is 3.17. The van der Waals surface area contributed by atoms with E-state index in [0.717, 1.165) is 22.3 Å². The van der Waals surface area contributed by atoms with E-state index in [-0.39, 0.29) is 6.61 Å². The Morgan fingerprint density at radius 2 is 1.70 bits per heavy atom. The predicted molar refractivity (Wildman–Crippen MR) is 115 cm³/mol. The number of fused-ring (bicyclic) bond motifs is 1. The number of benzodiazepines with no additional fused rings is 1. The highest BCUT2D eigenvalue weighted by atomic mass is 16.5. The van der Waals surface area contributed by atoms with Crippen LogP contribution in [0.1, 0.15) is 22.3 Å². The summed E-state index contributed by atoms with van der Waals surface area (Å²) in [7, 11) is 0. The van der Waals surface area contributed by atoms with Crippen molar-refractivity contribution in [2.24, 2.45) is 4.99 Å². The second-order valence-electron chi connectivity index (χ2n) is 6.99. The second-order valence-corrected chi connectivity index (χ2v) is 6.99. The van der Waals surface area contributed by atoms with E-state index < -0.39 is 18.2 Å². The van der Waals surface area contributed by atoms with Crippen LogP contribution in [0, 0.1) is 6.92 Å². The first-order chi connectivity index (χ1) is 14.6. The van der Waals surface area contributed by atoms with E-state index in [1.165, 1.54) is 0 Å². The minimum atomic E-state index is -1.11. The van der Waals surface area contributed by atoms with Crippen LogP contribution < -0.4 is 10.6 Å². The second kappa shape index (κ2) is 8.61. The summed E-state index contributed by atoms with van der Waals surface area (Å²) in [6, 6.07) is 24.6. The van der Waals surface area contributed by atoms with Gasteiger partial charge in [0, 0.05) is 11.1 Å². The number of carbonyl (C=O) groups is 2. The molecule has 1 atom stereocenters. The number of nitrogens with zero attached hydrogens (tertiary/aromatic N) is 1. The summed E-state index contributed by atoms with van der Waals surface area (Å²) in [6.07, 6.45) is -1.83. The van der Waals surface area contributed by atoms with Crippen molar-refractivity contribution < 1.29 is 14.3 Å². The Kier molecular flexibility index (Phi) is 5.57. The fourth-order valence-electron chi connectivity index (χ4n) is 3.17. The monoisotopic (exact) mass is 399 g/mol. The van der Waals surface area contributed by atoms with Crippen LogP contribution in [0.3, 0.4) is 0 Å². The Bertz CT molecular complexity index is 1090. The molecule has 0 fully saturated rings. The first-order valence-corrected chi connectivity index (χ1v) is 9.62. The molecule has 0 aliphatic carbocycles. The first kappa shape index (κ1) is 19.4. The molecule has 6 nitrogen and oxygen atoms in total. The number of anilines is 1. The minimum absolute atomic E-state index is 0.107. The van der Waals surface area contributed by atoms with Crippen LogP contribution in [-0.2, 0) is 16.1 Å². The molecule has 2 N–H and O–H groups in total. The quantitative estimate of drug-likeness (QED) is 0.695. The lowest BCUT2D eigenvalue weighted by Gasteiger charge is -2.13. The Morgan fingerprint density at radius 1 is 1.00 bits per heavy atom. The largest absolute Gasteiger partial charge is 0.445 e. The molecule has 1 aliphatic rings. The van der Waals surface area contributed by atoms with Crippen LogP contribution in [0.4, 0.5) is 10.5 Å². The summed E-state index contributed by atoms with van der Waals surface area (Å²) in [5, 5.41) is 5.40. The lowest BCUT2D eigenvalue weighted by Crippen LogP contribution is -2.42. The molecule has 150 valence electrons. The van der Waals surface area contributed by atoms with E-state index >= 15 is 0 Å². The number of benzene rings is 3. The summed E-state index contributed by atoms with van der Waals surface area (Å²) >= 11 is 0. The maximum Gasteiger partial charge on any atom is 0.409 e. The number of hydrogen-bond acceptors (Lipinski definition) is 4. The Labute approximate surface area is 174 Å². The molecule has 3 aromatic carbocycles. The van der Waals surface area contributed by atoms with Crippen molar-refractivity contribution in [2.75, 3.05) is 5.32 Å². The van der Waals surface area contributed by atoms with Gasteiger partial charge in [0.2, 0.25) is 6.17 Å². The zero-order valence-corrected chi connectivity index (χ0v) is 16.5. The molecule has 0 spiro atoms. The average molecular weight is 399 g/mol. The Balaban J connectivity index is 1.59. The molecule has 6 heteroatoms. The lowest BCUT2D eigenvalue weighted by atomic mass is 10.00. The first-order valence-electron chi connectivity index (χ1n) is 9.62. The fraction of sp³-hybridized carbons (Fsp3) is 0.125. The van der Waals surface area contributed by atoms with E-state index in [4.69, 9.17) is 4.74 Å². The number of para-hydroxylation sites is 1. The normalized spacial score (nSPS) is 15.3. The van der Waals surface area contributed by atoms with E-state index in [2.05, 4.69) is 15.6 Å². The van der Waals surface area contributed by atoms with Gasteiger partial charge in [-0.1, -0.05) is 78.4 Å². The van der Waals surface area contributed by atoms with Crippen LogP contribution in [0.25, 0.3) is 0 Å². The predicted octanol–water partition coefficient (Wildman–Crippen LogP) is 4.04. The molecule has 3 aromatic rings. The third-order valence-corrected chi connectivity index (χ3v) is 4.74. The number of carbonyl (C=O) groups excluding carboxylic acids is 2. The minimum Gasteiger partial charge on any atom is -0.445 e. The van der Waals surface area contributed by atoms with Crippen molar-refractivity contribution in [3.63, 3.8) is 0 Å². The number of aryl methyl sites for hydroxylation is 1.